The van der Waals surface area contributed by atoms with Crippen LogP contribution in [0.1, 0.15) is 25.3 Å². The monoisotopic (exact) mass is 238 g/mol. The molecule has 0 spiro atoms. The van der Waals surface area contributed by atoms with Gasteiger partial charge in [0.25, 0.3) is 0 Å². The topological polar surface area (TPSA) is 27.7 Å². The van der Waals surface area contributed by atoms with Crippen LogP contribution in [0.25, 0.3) is 0 Å². The molecule has 0 atom stereocenters. The van der Waals surface area contributed by atoms with E-state index in [4.69, 9.17) is 14.2 Å². The largest absolute Gasteiger partial charge is 0.491 e. The minimum absolute atomic E-state index is 0.525. The normalized spacial score (nSPS) is 10.8. The second-order valence-corrected chi connectivity index (χ2v) is 4.18. The molecule has 96 valence electrons. The Morgan fingerprint density at radius 1 is 1.06 bits per heavy atom. The molecule has 0 aromatic heterocycles. The van der Waals surface area contributed by atoms with Gasteiger partial charge in [0.05, 0.1) is 19.8 Å². The van der Waals surface area contributed by atoms with Gasteiger partial charge in [0.2, 0.25) is 0 Å². The zero-order chi connectivity index (χ0) is 12.5. The molecule has 0 aliphatic carbocycles. The summed E-state index contributed by atoms with van der Waals surface area (Å²) in [6.45, 7) is 6.76. The van der Waals surface area contributed by atoms with E-state index in [1.54, 1.807) is 7.11 Å². The maximum Gasteiger partial charge on any atom is 0.119 e. The van der Waals surface area contributed by atoms with E-state index in [9.17, 15) is 0 Å². The summed E-state index contributed by atoms with van der Waals surface area (Å²) < 4.78 is 15.8. The summed E-state index contributed by atoms with van der Waals surface area (Å²) in [5.41, 5.74) is 1.29. The van der Waals surface area contributed by atoms with Gasteiger partial charge in [0, 0.05) is 7.11 Å². The maximum atomic E-state index is 5.61. The highest BCUT2D eigenvalue weighted by molar-refractivity contribution is 5.30. The Kier molecular flexibility index (Phi) is 6.67. The van der Waals surface area contributed by atoms with Crippen LogP contribution < -0.4 is 4.74 Å². The highest BCUT2D eigenvalue weighted by Gasteiger charge is 2.00. The van der Waals surface area contributed by atoms with Crippen LogP contribution in [0.2, 0.25) is 0 Å². The van der Waals surface area contributed by atoms with E-state index in [0.29, 0.717) is 32.3 Å². The van der Waals surface area contributed by atoms with Crippen molar-refractivity contribution in [3.63, 3.8) is 0 Å². The maximum absolute atomic E-state index is 5.61. The third-order valence-corrected chi connectivity index (χ3v) is 2.45. The van der Waals surface area contributed by atoms with Gasteiger partial charge in [-0.15, -0.1) is 0 Å². The van der Waals surface area contributed by atoms with Crippen LogP contribution in [-0.2, 0) is 9.47 Å². The summed E-state index contributed by atoms with van der Waals surface area (Å²) in [7, 11) is 1.66. The average molecular weight is 238 g/mol. The lowest BCUT2D eigenvalue weighted by molar-refractivity contribution is 0.0544. The molecule has 0 unspecified atom stereocenters. The standard InChI is InChI=1S/C14H22O3/c1-12(2)13-5-4-6-14(11-13)17-10-9-16-8-7-15-3/h4-6,11-12H,7-10H2,1-3H3. The van der Waals surface area contributed by atoms with E-state index in [2.05, 4.69) is 26.0 Å². The van der Waals surface area contributed by atoms with Crippen LogP contribution in [0, 0.1) is 0 Å². The molecule has 1 aromatic rings. The molecule has 0 N–H and O–H groups in total. The number of ether oxygens (including phenoxy) is 3. The van der Waals surface area contributed by atoms with Gasteiger partial charge in [0.15, 0.2) is 0 Å². The first-order valence-corrected chi connectivity index (χ1v) is 6.03. The SMILES string of the molecule is COCCOCCOc1cccc(C(C)C)c1. The van der Waals surface area contributed by atoms with Gasteiger partial charge in [-0.3, -0.25) is 0 Å². The quantitative estimate of drug-likeness (QED) is 0.652. The van der Waals surface area contributed by atoms with Crippen molar-refractivity contribution in [1.82, 2.24) is 0 Å². The molecule has 0 aliphatic heterocycles. The van der Waals surface area contributed by atoms with Gasteiger partial charge in [-0.1, -0.05) is 26.0 Å². The fourth-order valence-electron chi connectivity index (χ4n) is 1.43. The summed E-state index contributed by atoms with van der Waals surface area (Å²) in [6, 6.07) is 8.20. The molecular weight excluding hydrogens is 216 g/mol. The third kappa shape index (κ3) is 5.71. The molecule has 17 heavy (non-hydrogen) atoms. The zero-order valence-corrected chi connectivity index (χ0v) is 10.9. The Labute approximate surface area is 104 Å². The Hall–Kier alpha value is -1.06. The van der Waals surface area contributed by atoms with Crippen molar-refractivity contribution in [3.8, 4) is 5.75 Å². The smallest absolute Gasteiger partial charge is 0.119 e. The number of methoxy groups -OCH3 is 1. The van der Waals surface area contributed by atoms with Crippen LogP contribution in [0.4, 0.5) is 0 Å². The number of hydrogen-bond acceptors (Lipinski definition) is 3. The predicted octanol–water partition coefficient (Wildman–Crippen LogP) is 2.85. The van der Waals surface area contributed by atoms with Gasteiger partial charge in [-0.05, 0) is 23.6 Å². The number of hydrogen-bond donors (Lipinski definition) is 0. The molecule has 3 heteroatoms. The van der Waals surface area contributed by atoms with Crippen LogP contribution in [0.5, 0.6) is 5.75 Å². The van der Waals surface area contributed by atoms with Crippen molar-refractivity contribution < 1.29 is 14.2 Å². The Morgan fingerprint density at radius 3 is 2.53 bits per heavy atom. The van der Waals surface area contributed by atoms with Gasteiger partial charge in [-0.2, -0.15) is 0 Å². The molecule has 0 amide bonds. The molecule has 0 aliphatic rings. The molecule has 0 saturated heterocycles. The fourth-order valence-corrected chi connectivity index (χ4v) is 1.43. The molecule has 3 nitrogen and oxygen atoms in total. The van der Waals surface area contributed by atoms with Crippen LogP contribution in [-0.4, -0.2) is 33.5 Å². The lowest BCUT2D eigenvalue weighted by atomic mass is 10.0. The van der Waals surface area contributed by atoms with Crippen molar-refractivity contribution >= 4 is 0 Å². The lowest BCUT2D eigenvalue weighted by Crippen LogP contribution is -2.10. The van der Waals surface area contributed by atoms with Crippen LogP contribution in [0.15, 0.2) is 24.3 Å². The molecule has 0 bridgehead atoms. The van der Waals surface area contributed by atoms with E-state index in [-0.39, 0.29) is 0 Å². The first kappa shape index (κ1) is 14.0. The Morgan fingerprint density at radius 2 is 1.82 bits per heavy atom. The summed E-state index contributed by atoms with van der Waals surface area (Å²) in [5, 5.41) is 0. The summed E-state index contributed by atoms with van der Waals surface area (Å²) in [6.07, 6.45) is 0. The van der Waals surface area contributed by atoms with Crippen LogP contribution >= 0.6 is 0 Å². The van der Waals surface area contributed by atoms with E-state index in [1.807, 2.05) is 12.1 Å². The molecule has 0 saturated carbocycles. The van der Waals surface area contributed by atoms with E-state index < -0.39 is 0 Å². The second kappa shape index (κ2) is 8.09. The van der Waals surface area contributed by atoms with Gasteiger partial charge < -0.3 is 14.2 Å². The zero-order valence-electron chi connectivity index (χ0n) is 10.9. The average Bonchev–Trinajstić information content (AvgIpc) is 2.34. The Bertz CT molecular complexity index is 310. The van der Waals surface area contributed by atoms with Crippen LogP contribution in [0.3, 0.4) is 0 Å². The molecule has 1 aromatic carbocycles. The lowest BCUT2D eigenvalue weighted by Gasteiger charge is -2.10. The van der Waals surface area contributed by atoms with Crippen molar-refractivity contribution in [2.75, 3.05) is 33.5 Å². The van der Waals surface area contributed by atoms with Gasteiger partial charge >= 0.3 is 0 Å². The molecule has 0 heterocycles. The summed E-state index contributed by atoms with van der Waals surface area (Å²) in [4.78, 5) is 0. The number of rotatable bonds is 8. The highest BCUT2D eigenvalue weighted by Crippen LogP contribution is 2.19. The van der Waals surface area contributed by atoms with Crippen molar-refractivity contribution in [1.29, 1.82) is 0 Å². The van der Waals surface area contributed by atoms with Crippen molar-refractivity contribution in [3.05, 3.63) is 29.8 Å². The second-order valence-electron chi connectivity index (χ2n) is 4.18. The highest BCUT2D eigenvalue weighted by atomic mass is 16.5. The minimum atomic E-state index is 0.525. The van der Waals surface area contributed by atoms with E-state index in [1.165, 1.54) is 5.56 Å². The minimum Gasteiger partial charge on any atom is -0.491 e. The molecule has 0 fully saturated rings. The van der Waals surface area contributed by atoms with Gasteiger partial charge in [0.1, 0.15) is 12.4 Å². The molecular formula is C14H22O3. The number of benzene rings is 1. The van der Waals surface area contributed by atoms with Crippen molar-refractivity contribution in [2.24, 2.45) is 0 Å². The first-order valence-electron chi connectivity index (χ1n) is 6.03. The summed E-state index contributed by atoms with van der Waals surface area (Å²) in [5.74, 6) is 1.43. The molecule has 1 rings (SSSR count). The first-order chi connectivity index (χ1) is 8.24. The summed E-state index contributed by atoms with van der Waals surface area (Å²) >= 11 is 0. The van der Waals surface area contributed by atoms with E-state index in [0.717, 1.165) is 5.75 Å². The Balaban J connectivity index is 2.24. The van der Waals surface area contributed by atoms with Crippen molar-refractivity contribution in [2.45, 2.75) is 19.8 Å². The third-order valence-electron chi connectivity index (χ3n) is 2.45. The van der Waals surface area contributed by atoms with E-state index >= 15 is 0 Å². The predicted molar refractivity (Wildman–Crippen MR) is 68.7 cm³/mol. The molecule has 0 radical (unpaired) electrons. The fraction of sp³-hybridized carbons (Fsp3) is 0.571. The van der Waals surface area contributed by atoms with Gasteiger partial charge in [-0.25, -0.2) is 0 Å².